The summed E-state index contributed by atoms with van der Waals surface area (Å²) in [6.45, 7) is 0.904. The van der Waals surface area contributed by atoms with Crippen LogP contribution in [0.15, 0.2) is 35.1 Å². The van der Waals surface area contributed by atoms with E-state index in [4.69, 9.17) is 16.3 Å². The van der Waals surface area contributed by atoms with Crippen molar-refractivity contribution in [2.45, 2.75) is 12.8 Å². The summed E-state index contributed by atoms with van der Waals surface area (Å²) in [5, 5.41) is 20.8. The van der Waals surface area contributed by atoms with Gasteiger partial charge in [0.15, 0.2) is 11.6 Å². The molecule has 0 atom stereocenters. The summed E-state index contributed by atoms with van der Waals surface area (Å²) < 4.78 is 0.885. The lowest BCUT2D eigenvalue weighted by Gasteiger charge is -2.23. The van der Waals surface area contributed by atoms with Gasteiger partial charge in [0.25, 0.3) is 0 Å². The number of nitrogens with two attached hydrogens (primary N) is 1. The van der Waals surface area contributed by atoms with Gasteiger partial charge in [-0.25, -0.2) is 9.97 Å². The van der Waals surface area contributed by atoms with Crippen LogP contribution in [0.4, 0.5) is 23.0 Å². The highest BCUT2D eigenvalue weighted by Crippen LogP contribution is 2.31. The van der Waals surface area contributed by atoms with Crippen molar-refractivity contribution in [2.24, 2.45) is 0 Å². The van der Waals surface area contributed by atoms with Crippen LogP contribution in [0.1, 0.15) is 12.8 Å². The average Bonchev–Trinajstić information content (AvgIpc) is 2.59. The number of nitrogens with one attached hydrogen (secondary N) is 1. The molecule has 0 unspecified atom stereocenters. The molecular formula is C16H16BrN7. The third kappa shape index (κ3) is 4.34. The first-order valence-electron chi connectivity index (χ1n) is 7.28. The van der Waals surface area contributed by atoms with Crippen LogP contribution in [0.5, 0.6) is 0 Å². The first-order valence-corrected chi connectivity index (χ1v) is 8.07. The van der Waals surface area contributed by atoms with E-state index in [1.54, 1.807) is 0 Å². The fourth-order valence-electron chi connectivity index (χ4n) is 2.12. The molecule has 3 N–H and O–H groups in total. The molecule has 0 amide bonds. The van der Waals surface area contributed by atoms with Crippen LogP contribution in [-0.4, -0.2) is 23.1 Å². The van der Waals surface area contributed by atoms with Gasteiger partial charge >= 0.3 is 0 Å². The number of hydrogen-bond acceptors (Lipinski definition) is 7. The van der Waals surface area contributed by atoms with Crippen molar-refractivity contribution in [3.8, 4) is 12.1 Å². The number of aromatic nitrogens is 2. The van der Waals surface area contributed by atoms with Crippen LogP contribution in [0, 0.1) is 22.7 Å². The summed E-state index contributed by atoms with van der Waals surface area (Å²) in [5.41, 5.74) is 7.42. The molecule has 0 spiro atoms. The van der Waals surface area contributed by atoms with E-state index >= 15 is 0 Å². The Morgan fingerprint density at radius 2 is 1.79 bits per heavy atom. The molecular weight excluding hydrogens is 370 g/mol. The number of nitrogens with zero attached hydrogens (tertiary/aromatic N) is 5. The number of hydrogen-bond donors (Lipinski definition) is 2. The minimum absolute atomic E-state index is 0.321. The number of halogens is 1. The Morgan fingerprint density at radius 1 is 1.12 bits per heavy atom. The Labute approximate surface area is 148 Å². The molecule has 0 bridgehead atoms. The zero-order chi connectivity index (χ0) is 17.4. The van der Waals surface area contributed by atoms with Crippen molar-refractivity contribution < 1.29 is 0 Å². The fourth-order valence-corrected chi connectivity index (χ4v) is 2.51. The van der Waals surface area contributed by atoms with Crippen LogP contribution < -0.4 is 16.0 Å². The van der Waals surface area contributed by atoms with Gasteiger partial charge in [-0.3, -0.25) is 0 Å². The maximum absolute atomic E-state index is 8.81. The lowest BCUT2D eigenvalue weighted by Crippen LogP contribution is -2.27. The zero-order valence-corrected chi connectivity index (χ0v) is 14.5. The second kappa shape index (κ2) is 8.70. The van der Waals surface area contributed by atoms with E-state index in [1.165, 1.54) is 6.33 Å². The number of para-hydroxylation sites is 1. The Balaban J connectivity index is 2.30. The van der Waals surface area contributed by atoms with Gasteiger partial charge in [0, 0.05) is 17.6 Å². The highest BCUT2D eigenvalue weighted by molar-refractivity contribution is 9.10. The van der Waals surface area contributed by atoms with E-state index in [-0.39, 0.29) is 0 Å². The molecule has 24 heavy (non-hydrogen) atoms. The molecule has 1 heterocycles. The van der Waals surface area contributed by atoms with E-state index < -0.39 is 0 Å². The number of nitrogen functional groups attached to an aromatic ring is 1. The van der Waals surface area contributed by atoms with Gasteiger partial charge in [-0.2, -0.15) is 10.5 Å². The van der Waals surface area contributed by atoms with Crippen LogP contribution in [-0.2, 0) is 0 Å². The summed E-state index contributed by atoms with van der Waals surface area (Å²) in [5.74, 6) is 0.996. The Bertz CT molecular complexity index is 761. The van der Waals surface area contributed by atoms with Gasteiger partial charge in [-0.05, 0) is 28.1 Å². The molecule has 2 aromatic rings. The lowest BCUT2D eigenvalue weighted by molar-refractivity contribution is 0.782. The largest absolute Gasteiger partial charge is 0.393 e. The molecule has 0 fully saturated rings. The topological polar surface area (TPSA) is 115 Å². The fraction of sp³-hybridized carbons (Fsp3) is 0.250. The third-order valence-electron chi connectivity index (χ3n) is 3.28. The summed E-state index contributed by atoms with van der Waals surface area (Å²) in [4.78, 5) is 10.3. The van der Waals surface area contributed by atoms with Gasteiger partial charge in [0.05, 0.1) is 30.7 Å². The molecule has 2 rings (SSSR count). The monoisotopic (exact) mass is 385 g/mol. The molecule has 0 radical (unpaired) electrons. The van der Waals surface area contributed by atoms with Crippen LogP contribution in [0.3, 0.4) is 0 Å². The summed E-state index contributed by atoms with van der Waals surface area (Å²) in [6, 6.07) is 11.8. The van der Waals surface area contributed by atoms with Gasteiger partial charge in [-0.15, -0.1) is 0 Å². The molecule has 0 saturated heterocycles. The molecule has 0 aliphatic carbocycles. The third-order valence-corrected chi connectivity index (χ3v) is 3.97. The van der Waals surface area contributed by atoms with Crippen LogP contribution >= 0.6 is 15.9 Å². The van der Waals surface area contributed by atoms with Gasteiger partial charge in [0.1, 0.15) is 12.0 Å². The number of benzene rings is 1. The van der Waals surface area contributed by atoms with Crippen LogP contribution in [0.25, 0.3) is 0 Å². The first kappa shape index (κ1) is 17.5. The first-order chi connectivity index (χ1) is 11.7. The van der Waals surface area contributed by atoms with E-state index in [9.17, 15) is 0 Å². The number of rotatable bonds is 7. The van der Waals surface area contributed by atoms with Crippen LogP contribution in [0.2, 0.25) is 0 Å². The van der Waals surface area contributed by atoms with E-state index in [2.05, 4.69) is 43.4 Å². The molecule has 0 saturated carbocycles. The smallest absolute Gasteiger partial charge is 0.159 e. The van der Waals surface area contributed by atoms with Crippen molar-refractivity contribution in [3.05, 3.63) is 35.1 Å². The number of nitriles is 2. The minimum atomic E-state index is 0.321. The minimum Gasteiger partial charge on any atom is -0.393 e. The summed E-state index contributed by atoms with van der Waals surface area (Å²) in [7, 11) is 0. The maximum Gasteiger partial charge on any atom is 0.159 e. The Morgan fingerprint density at radius 3 is 2.42 bits per heavy atom. The molecule has 1 aromatic carbocycles. The Hall–Kier alpha value is -2.84. The normalized spacial score (nSPS) is 9.79. The molecule has 8 heteroatoms. The van der Waals surface area contributed by atoms with Gasteiger partial charge in [0.2, 0.25) is 0 Å². The number of anilines is 4. The lowest BCUT2D eigenvalue weighted by atomic mass is 10.3. The van der Waals surface area contributed by atoms with E-state index in [0.717, 1.165) is 10.2 Å². The average molecular weight is 386 g/mol. The predicted molar refractivity (Wildman–Crippen MR) is 96.5 cm³/mol. The van der Waals surface area contributed by atoms with Crippen molar-refractivity contribution in [3.63, 3.8) is 0 Å². The summed E-state index contributed by atoms with van der Waals surface area (Å²) in [6.07, 6.45) is 2.06. The molecule has 122 valence electrons. The second-order valence-electron chi connectivity index (χ2n) is 4.87. The molecule has 0 aliphatic rings. The molecule has 0 aliphatic heterocycles. The van der Waals surface area contributed by atoms with Crippen molar-refractivity contribution >= 4 is 38.9 Å². The maximum atomic E-state index is 8.81. The molecule has 1 aromatic heterocycles. The zero-order valence-electron chi connectivity index (χ0n) is 12.9. The van der Waals surface area contributed by atoms with Gasteiger partial charge in [-0.1, -0.05) is 12.1 Å². The standard InChI is InChI=1S/C16H16BrN7/c17-12-5-1-2-6-13(12)23-15-14(20)16(22-11-21-15)24(9-3-7-18)10-4-8-19/h1-2,5-6,11H,3-4,9-10,20H2,(H,21,22,23). The SMILES string of the molecule is N#CCCN(CCC#N)c1ncnc(Nc2ccccc2Br)c1N. The van der Waals surface area contributed by atoms with Crippen molar-refractivity contribution in [2.75, 3.05) is 29.0 Å². The van der Waals surface area contributed by atoms with Gasteiger partial charge < -0.3 is 16.0 Å². The predicted octanol–water partition coefficient (Wildman–Crippen LogP) is 3.20. The van der Waals surface area contributed by atoms with Crippen molar-refractivity contribution in [1.82, 2.24) is 9.97 Å². The highest BCUT2D eigenvalue weighted by Gasteiger charge is 2.15. The highest BCUT2D eigenvalue weighted by atomic mass is 79.9. The second-order valence-corrected chi connectivity index (χ2v) is 5.72. The molecule has 7 nitrogen and oxygen atoms in total. The Kier molecular flexibility index (Phi) is 6.35. The van der Waals surface area contributed by atoms with E-state index in [1.807, 2.05) is 29.2 Å². The quantitative estimate of drug-likeness (QED) is 0.751. The van der Waals surface area contributed by atoms with Crippen molar-refractivity contribution in [1.29, 1.82) is 10.5 Å². The summed E-state index contributed by atoms with van der Waals surface area (Å²) >= 11 is 3.46. The van der Waals surface area contributed by atoms with E-state index in [0.29, 0.717) is 43.3 Å².